The summed E-state index contributed by atoms with van der Waals surface area (Å²) in [6, 6.07) is 5.61. The summed E-state index contributed by atoms with van der Waals surface area (Å²) in [4.78, 5) is 13.5. The molecule has 1 aromatic rings. The first kappa shape index (κ1) is 8.98. The zero-order valence-corrected chi connectivity index (χ0v) is 6.68. The summed E-state index contributed by atoms with van der Waals surface area (Å²) in [6.07, 6.45) is 0. The second-order valence-corrected chi connectivity index (χ2v) is 2.31. The molecule has 0 aromatic heterocycles. The molecular formula is C7H8N4O2. The highest BCUT2D eigenvalue weighted by Gasteiger charge is 2.02. The molecular weight excluding hydrogens is 172 g/mol. The lowest BCUT2D eigenvalue weighted by Crippen LogP contribution is -2.21. The third-order valence-electron chi connectivity index (χ3n) is 1.32. The lowest BCUT2D eigenvalue weighted by atomic mass is 10.3. The minimum Gasteiger partial charge on any atom is -0.370 e. The molecule has 0 heterocycles. The Balaban J connectivity index is 2.94. The molecule has 1 rings (SSSR count). The average Bonchev–Trinajstić information content (AvgIpc) is 2.04. The standard InChI is InChI=1S/C7H8N4O2/c8-7(9)10-5-1-3-6(4-2-5)11(12)13/h1-4H,(H4,8,9,10). The topological polar surface area (TPSA) is 108 Å². The number of guanidine groups is 1. The van der Waals surface area contributed by atoms with Gasteiger partial charge in [0.05, 0.1) is 10.6 Å². The van der Waals surface area contributed by atoms with Crippen molar-refractivity contribution in [3.8, 4) is 0 Å². The van der Waals surface area contributed by atoms with Crippen LogP contribution in [0.25, 0.3) is 0 Å². The van der Waals surface area contributed by atoms with Crippen LogP contribution in [0.1, 0.15) is 0 Å². The maximum Gasteiger partial charge on any atom is 0.269 e. The van der Waals surface area contributed by atoms with Gasteiger partial charge in [-0.3, -0.25) is 10.1 Å². The van der Waals surface area contributed by atoms with Crippen LogP contribution >= 0.6 is 0 Å². The number of nitrogens with two attached hydrogens (primary N) is 2. The van der Waals surface area contributed by atoms with Crippen molar-refractivity contribution in [2.75, 3.05) is 0 Å². The van der Waals surface area contributed by atoms with Crippen LogP contribution in [-0.4, -0.2) is 10.9 Å². The fourth-order valence-electron chi connectivity index (χ4n) is 0.798. The van der Waals surface area contributed by atoms with E-state index in [-0.39, 0.29) is 11.6 Å². The Kier molecular flexibility index (Phi) is 2.44. The predicted octanol–water partition coefficient (Wildman–Crippen LogP) is 0.500. The van der Waals surface area contributed by atoms with E-state index in [0.717, 1.165) is 0 Å². The number of nitro groups is 1. The summed E-state index contributed by atoms with van der Waals surface area (Å²) in [7, 11) is 0. The van der Waals surface area contributed by atoms with Gasteiger partial charge in [-0.05, 0) is 12.1 Å². The van der Waals surface area contributed by atoms with Crippen LogP contribution in [0.4, 0.5) is 11.4 Å². The Hall–Kier alpha value is -2.11. The summed E-state index contributed by atoms with van der Waals surface area (Å²) in [5, 5.41) is 10.3. The van der Waals surface area contributed by atoms with E-state index in [1.807, 2.05) is 0 Å². The van der Waals surface area contributed by atoms with Gasteiger partial charge < -0.3 is 11.5 Å². The summed E-state index contributed by atoms with van der Waals surface area (Å²) < 4.78 is 0. The Morgan fingerprint density at radius 1 is 1.31 bits per heavy atom. The molecule has 0 fully saturated rings. The number of hydrogen-bond donors (Lipinski definition) is 2. The van der Waals surface area contributed by atoms with Gasteiger partial charge in [0, 0.05) is 12.1 Å². The van der Waals surface area contributed by atoms with Gasteiger partial charge in [-0.1, -0.05) is 0 Å². The molecule has 0 radical (unpaired) electrons. The minimum absolute atomic E-state index is 0.00884. The van der Waals surface area contributed by atoms with Gasteiger partial charge in [-0.15, -0.1) is 0 Å². The van der Waals surface area contributed by atoms with Crippen molar-refractivity contribution in [3.63, 3.8) is 0 Å². The molecule has 6 heteroatoms. The van der Waals surface area contributed by atoms with Crippen LogP contribution in [0.2, 0.25) is 0 Å². The average molecular weight is 180 g/mol. The normalized spacial score (nSPS) is 9.23. The molecule has 0 bridgehead atoms. The quantitative estimate of drug-likeness (QED) is 0.299. The van der Waals surface area contributed by atoms with E-state index < -0.39 is 4.92 Å². The van der Waals surface area contributed by atoms with Crippen molar-refractivity contribution >= 4 is 17.3 Å². The van der Waals surface area contributed by atoms with E-state index in [1.165, 1.54) is 24.3 Å². The zero-order chi connectivity index (χ0) is 9.84. The Labute approximate surface area is 74.0 Å². The van der Waals surface area contributed by atoms with Gasteiger partial charge in [-0.2, -0.15) is 0 Å². The highest BCUT2D eigenvalue weighted by Crippen LogP contribution is 2.17. The van der Waals surface area contributed by atoms with Crippen molar-refractivity contribution in [1.29, 1.82) is 0 Å². The van der Waals surface area contributed by atoms with Crippen LogP contribution < -0.4 is 11.5 Å². The summed E-state index contributed by atoms with van der Waals surface area (Å²) in [5.41, 5.74) is 10.7. The smallest absolute Gasteiger partial charge is 0.269 e. The van der Waals surface area contributed by atoms with E-state index in [1.54, 1.807) is 0 Å². The lowest BCUT2D eigenvalue weighted by Gasteiger charge is -1.94. The monoisotopic (exact) mass is 180 g/mol. The largest absolute Gasteiger partial charge is 0.370 e. The van der Waals surface area contributed by atoms with Crippen molar-refractivity contribution < 1.29 is 4.92 Å². The second kappa shape index (κ2) is 3.53. The molecule has 68 valence electrons. The number of hydrogen-bond acceptors (Lipinski definition) is 3. The van der Waals surface area contributed by atoms with Crippen LogP contribution in [-0.2, 0) is 0 Å². The van der Waals surface area contributed by atoms with Crippen molar-refractivity contribution in [2.45, 2.75) is 0 Å². The van der Waals surface area contributed by atoms with Gasteiger partial charge in [0.25, 0.3) is 5.69 Å². The highest BCUT2D eigenvalue weighted by atomic mass is 16.6. The summed E-state index contributed by atoms with van der Waals surface area (Å²) in [6.45, 7) is 0. The fraction of sp³-hybridized carbons (Fsp3) is 0. The van der Waals surface area contributed by atoms with Gasteiger partial charge in [0.15, 0.2) is 5.96 Å². The first-order chi connectivity index (χ1) is 6.09. The van der Waals surface area contributed by atoms with E-state index in [9.17, 15) is 10.1 Å². The number of rotatable bonds is 2. The predicted molar refractivity (Wildman–Crippen MR) is 48.6 cm³/mol. The third kappa shape index (κ3) is 2.44. The first-order valence-corrected chi connectivity index (χ1v) is 3.43. The van der Waals surface area contributed by atoms with Gasteiger partial charge in [0.2, 0.25) is 0 Å². The SMILES string of the molecule is NC(N)=Nc1ccc([N+](=O)[O-])cc1. The molecule has 0 aliphatic carbocycles. The number of nitro benzene ring substituents is 1. The molecule has 4 N–H and O–H groups in total. The van der Waals surface area contributed by atoms with Crippen LogP contribution in [0.5, 0.6) is 0 Å². The maximum absolute atomic E-state index is 10.3. The molecule has 1 aromatic carbocycles. The second-order valence-electron chi connectivity index (χ2n) is 2.31. The minimum atomic E-state index is -0.487. The zero-order valence-electron chi connectivity index (χ0n) is 6.68. The van der Waals surface area contributed by atoms with Crippen LogP contribution in [0.15, 0.2) is 29.3 Å². The number of non-ortho nitro benzene ring substituents is 1. The number of aliphatic imine (C=N–C) groups is 1. The molecule has 0 saturated carbocycles. The molecule has 0 aliphatic rings. The van der Waals surface area contributed by atoms with Gasteiger partial charge in [-0.25, -0.2) is 4.99 Å². The molecule has 13 heavy (non-hydrogen) atoms. The van der Waals surface area contributed by atoms with E-state index in [2.05, 4.69) is 4.99 Å². The number of nitrogens with zero attached hydrogens (tertiary/aromatic N) is 2. The molecule has 0 atom stereocenters. The van der Waals surface area contributed by atoms with E-state index in [4.69, 9.17) is 11.5 Å². The highest BCUT2D eigenvalue weighted by molar-refractivity contribution is 5.79. The van der Waals surface area contributed by atoms with Crippen LogP contribution in [0, 0.1) is 10.1 Å². The molecule has 0 aliphatic heterocycles. The van der Waals surface area contributed by atoms with Crippen molar-refractivity contribution in [2.24, 2.45) is 16.5 Å². The van der Waals surface area contributed by atoms with Crippen molar-refractivity contribution in [3.05, 3.63) is 34.4 Å². The summed E-state index contributed by atoms with van der Waals surface area (Å²) in [5.74, 6) is -0.0751. The maximum atomic E-state index is 10.3. The molecule has 0 spiro atoms. The summed E-state index contributed by atoms with van der Waals surface area (Å²) >= 11 is 0. The Bertz CT molecular complexity index is 340. The van der Waals surface area contributed by atoms with Crippen LogP contribution in [0.3, 0.4) is 0 Å². The molecule has 0 saturated heterocycles. The molecule has 0 unspecified atom stereocenters. The van der Waals surface area contributed by atoms with Crippen molar-refractivity contribution in [1.82, 2.24) is 0 Å². The van der Waals surface area contributed by atoms with E-state index in [0.29, 0.717) is 5.69 Å². The van der Waals surface area contributed by atoms with E-state index >= 15 is 0 Å². The third-order valence-corrected chi connectivity index (χ3v) is 1.32. The number of benzene rings is 1. The first-order valence-electron chi connectivity index (χ1n) is 3.43. The van der Waals surface area contributed by atoms with Gasteiger partial charge >= 0.3 is 0 Å². The Morgan fingerprint density at radius 3 is 2.23 bits per heavy atom. The molecule has 6 nitrogen and oxygen atoms in total. The molecule has 0 amide bonds. The fourth-order valence-corrected chi connectivity index (χ4v) is 0.798. The van der Waals surface area contributed by atoms with Gasteiger partial charge in [0.1, 0.15) is 0 Å². The Morgan fingerprint density at radius 2 is 1.85 bits per heavy atom. The lowest BCUT2D eigenvalue weighted by molar-refractivity contribution is -0.384.